The number of nitrogens with zero attached hydrogens (tertiary/aromatic N) is 3. The Morgan fingerprint density at radius 1 is 1.18 bits per heavy atom. The minimum atomic E-state index is 0. The molecule has 0 fully saturated rings. The summed E-state index contributed by atoms with van der Waals surface area (Å²) < 4.78 is 0. The van der Waals surface area contributed by atoms with Crippen molar-refractivity contribution in [2.45, 2.75) is 39.7 Å². The van der Waals surface area contributed by atoms with Gasteiger partial charge in [0.2, 0.25) is 0 Å². The van der Waals surface area contributed by atoms with Gasteiger partial charge in [-0.3, -0.25) is 9.89 Å². The molecule has 1 aromatic carbocycles. The summed E-state index contributed by atoms with van der Waals surface area (Å²) in [6, 6.07) is 11.0. The third kappa shape index (κ3) is 8.05. The smallest absolute Gasteiger partial charge is 0.191 e. The van der Waals surface area contributed by atoms with Crippen LogP contribution in [0.4, 0.5) is 0 Å². The lowest BCUT2D eigenvalue weighted by Gasteiger charge is -2.30. The SMILES string of the molecule is CCN(CC)C(CNC(=NC)NCCCc1nc(C)cs1)c1ccccc1.I. The van der Waals surface area contributed by atoms with Crippen molar-refractivity contribution in [2.24, 2.45) is 4.99 Å². The van der Waals surface area contributed by atoms with Crippen LogP contribution in [0.15, 0.2) is 40.7 Å². The molecule has 0 bridgehead atoms. The maximum atomic E-state index is 4.52. The fourth-order valence-electron chi connectivity index (χ4n) is 3.18. The Morgan fingerprint density at radius 3 is 2.46 bits per heavy atom. The Morgan fingerprint density at radius 2 is 1.89 bits per heavy atom. The number of aliphatic imine (C=N–C) groups is 1. The second-order valence-electron chi connectivity index (χ2n) is 6.51. The molecule has 2 N–H and O–H groups in total. The lowest BCUT2D eigenvalue weighted by Crippen LogP contribution is -2.43. The van der Waals surface area contributed by atoms with Crippen LogP contribution in [0.25, 0.3) is 0 Å². The number of likely N-dealkylation sites (N-methyl/N-ethyl adjacent to an activating group) is 1. The molecule has 0 aliphatic heterocycles. The first-order chi connectivity index (χ1) is 13.2. The molecule has 0 spiro atoms. The highest BCUT2D eigenvalue weighted by Crippen LogP contribution is 2.19. The third-order valence-electron chi connectivity index (χ3n) is 4.65. The van der Waals surface area contributed by atoms with Crippen molar-refractivity contribution in [1.82, 2.24) is 20.5 Å². The van der Waals surface area contributed by atoms with Gasteiger partial charge in [-0.05, 0) is 32.0 Å². The van der Waals surface area contributed by atoms with Crippen LogP contribution in [0, 0.1) is 6.92 Å². The molecule has 1 aromatic heterocycles. The third-order valence-corrected chi connectivity index (χ3v) is 5.68. The molecule has 0 saturated carbocycles. The van der Waals surface area contributed by atoms with Crippen molar-refractivity contribution < 1.29 is 0 Å². The van der Waals surface area contributed by atoms with Gasteiger partial charge in [-0.2, -0.15) is 0 Å². The lowest BCUT2D eigenvalue weighted by molar-refractivity contribution is 0.219. The van der Waals surface area contributed by atoms with Crippen molar-refractivity contribution >= 4 is 41.3 Å². The maximum absolute atomic E-state index is 4.52. The molecule has 0 saturated heterocycles. The van der Waals surface area contributed by atoms with Crippen LogP contribution in [0.1, 0.15) is 42.6 Å². The van der Waals surface area contributed by atoms with Gasteiger partial charge >= 0.3 is 0 Å². The molecular weight excluding hydrogens is 481 g/mol. The molecule has 2 rings (SSSR count). The van der Waals surface area contributed by atoms with E-state index in [9.17, 15) is 0 Å². The summed E-state index contributed by atoms with van der Waals surface area (Å²) in [4.78, 5) is 11.4. The Kier molecular flexibility index (Phi) is 12.3. The first kappa shape index (κ1) is 24.8. The average Bonchev–Trinajstić information content (AvgIpc) is 3.12. The molecule has 1 unspecified atom stereocenters. The molecule has 0 aliphatic rings. The van der Waals surface area contributed by atoms with E-state index < -0.39 is 0 Å². The van der Waals surface area contributed by atoms with Crippen LogP contribution in [0.2, 0.25) is 0 Å². The summed E-state index contributed by atoms with van der Waals surface area (Å²) in [6.45, 7) is 10.2. The van der Waals surface area contributed by atoms with Crippen molar-refractivity contribution in [3.8, 4) is 0 Å². The number of aromatic nitrogens is 1. The largest absolute Gasteiger partial charge is 0.356 e. The summed E-state index contributed by atoms with van der Waals surface area (Å²) in [6.07, 6.45) is 2.06. The highest BCUT2D eigenvalue weighted by molar-refractivity contribution is 14.0. The first-order valence-electron chi connectivity index (χ1n) is 9.82. The van der Waals surface area contributed by atoms with Crippen molar-refractivity contribution in [1.29, 1.82) is 0 Å². The van der Waals surface area contributed by atoms with E-state index in [2.05, 4.69) is 75.1 Å². The Bertz CT molecular complexity index is 685. The number of hydrogen-bond acceptors (Lipinski definition) is 4. The summed E-state index contributed by atoms with van der Waals surface area (Å²) in [5, 5.41) is 10.3. The Hall–Kier alpha value is -1.19. The molecule has 0 radical (unpaired) electrons. The molecular formula is C21H34IN5S. The van der Waals surface area contributed by atoms with Gasteiger partial charge in [0.15, 0.2) is 5.96 Å². The quantitative estimate of drug-likeness (QED) is 0.215. The Labute approximate surface area is 191 Å². The number of hydrogen-bond donors (Lipinski definition) is 2. The molecule has 0 aliphatic carbocycles. The predicted molar refractivity (Wildman–Crippen MR) is 132 cm³/mol. The monoisotopic (exact) mass is 515 g/mol. The fraction of sp³-hybridized carbons (Fsp3) is 0.524. The van der Waals surface area contributed by atoms with Gasteiger partial charge in [0, 0.05) is 37.6 Å². The number of aryl methyl sites for hydroxylation is 2. The van der Waals surface area contributed by atoms with Crippen LogP contribution in [0.3, 0.4) is 0 Å². The number of rotatable bonds is 10. The maximum Gasteiger partial charge on any atom is 0.191 e. The van der Waals surface area contributed by atoms with Crippen molar-refractivity contribution in [3.63, 3.8) is 0 Å². The van der Waals surface area contributed by atoms with Crippen LogP contribution < -0.4 is 10.6 Å². The summed E-state index contributed by atoms with van der Waals surface area (Å²) in [5.41, 5.74) is 2.45. The molecule has 7 heteroatoms. The van der Waals surface area contributed by atoms with Crippen LogP contribution in [-0.2, 0) is 6.42 Å². The minimum absolute atomic E-state index is 0. The molecule has 0 amide bonds. The molecule has 1 atom stereocenters. The molecule has 2 aromatic rings. The van der Waals surface area contributed by atoms with E-state index in [1.165, 1.54) is 10.6 Å². The number of halogens is 1. The topological polar surface area (TPSA) is 52.5 Å². The fourth-order valence-corrected chi connectivity index (χ4v) is 3.99. The normalized spacial score (nSPS) is 12.5. The summed E-state index contributed by atoms with van der Waals surface area (Å²) in [5.74, 6) is 0.860. The van der Waals surface area contributed by atoms with Crippen LogP contribution in [-0.4, -0.2) is 49.1 Å². The molecule has 28 heavy (non-hydrogen) atoms. The first-order valence-corrected chi connectivity index (χ1v) is 10.7. The van der Waals surface area contributed by atoms with E-state index in [-0.39, 0.29) is 24.0 Å². The highest BCUT2D eigenvalue weighted by atomic mass is 127. The van der Waals surface area contributed by atoms with Gasteiger partial charge in [-0.25, -0.2) is 4.98 Å². The van der Waals surface area contributed by atoms with E-state index in [0.717, 1.165) is 50.7 Å². The van der Waals surface area contributed by atoms with Gasteiger partial charge in [-0.1, -0.05) is 44.2 Å². The van der Waals surface area contributed by atoms with Gasteiger partial charge < -0.3 is 10.6 Å². The van der Waals surface area contributed by atoms with E-state index in [4.69, 9.17) is 0 Å². The number of guanidine groups is 1. The number of thiazole rings is 1. The highest BCUT2D eigenvalue weighted by Gasteiger charge is 2.18. The second-order valence-corrected chi connectivity index (χ2v) is 7.46. The Balaban J connectivity index is 0.00000392. The van der Waals surface area contributed by atoms with Crippen LogP contribution >= 0.6 is 35.3 Å². The van der Waals surface area contributed by atoms with Gasteiger partial charge in [0.05, 0.1) is 11.0 Å². The minimum Gasteiger partial charge on any atom is -0.356 e. The molecule has 1 heterocycles. The number of benzene rings is 1. The van der Waals surface area contributed by atoms with Gasteiger partial charge in [0.1, 0.15) is 0 Å². The van der Waals surface area contributed by atoms with Gasteiger partial charge in [0.25, 0.3) is 0 Å². The standard InChI is InChI=1S/C21H33N5S.HI/c1-5-26(6-2)19(18-11-8-7-9-12-18)15-24-21(22-4)23-14-10-13-20-25-17(3)16-27-20;/h7-9,11-12,16,19H,5-6,10,13-15H2,1-4H3,(H2,22,23,24);1H. The van der Waals surface area contributed by atoms with E-state index >= 15 is 0 Å². The zero-order chi connectivity index (χ0) is 19.5. The number of nitrogens with one attached hydrogen (secondary N) is 2. The average molecular weight is 516 g/mol. The lowest BCUT2D eigenvalue weighted by atomic mass is 10.1. The van der Waals surface area contributed by atoms with Crippen molar-refractivity contribution in [2.75, 3.05) is 33.2 Å². The van der Waals surface area contributed by atoms with Gasteiger partial charge in [-0.15, -0.1) is 35.3 Å². The van der Waals surface area contributed by atoms with Crippen LogP contribution in [0.5, 0.6) is 0 Å². The van der Waals surface area contributed by atoms with Crippen molar-refractivity contribution in [3.05, 3.63) is 52.0 Å². The molecule has 156 valence electrons. The summed E-state index contributed by atoms with van der Waals surface area (Å²) in [7, 11) is 1.83. The second kappa shape index (κ2) is 13.9. The zero-order valence-electron chi connectivity index (χ0n) is 17.4. The molecule has 5 nitrogen and oxygen atoms in total. The predicted octanol–water partition coefficient (Wildman–Crippen LogP) is 4.25. The van der Waals surface area contributed by atoms with E-state index in [0.29, 0.717) is 6.04 Å². The van der Waals surface area contributed by atoms with E-state index in [1.807, 2.05) is 14.0 Å². The van der Waals surface area contributed by atoms with E-state index in [1.54, 1.807) is 11.3 Å². The zero-order valence-corrected chi connectivity index (χ0v) is 20.6. The summed E-state index contributed by atoms with van der Waals surface area (Å²) >= 11 is 1.74.